The first kappa shape index (κ1) is 31.2. The van der Waals surface area contributed by atoms with Crippen molar-refractivity contribution in [3.05, 3.63) is 88.4 Å². The largest absolute Gasteiger partial charge is 0.497 e. The quantitative estimate of drug-likeness (QED) is 0.259. The van der Waals surface area contributed by atoms with Crippen molar-refractivity contribution < 1.29 is 22.7 Å². The van der Waals surface area contributed by atoms with Gasteiger partial charge in [-0.15, -0.1) is 0 Å². The Morgan fingerprint density at radius 2 is 1.73 bits per heavy atom. The summed E-state index contributed by atoms with van der Waals surface area (Å²) in [7, 11) is -2.57. The van der Waals surface area contributed by atoms with E-state index >= 15 is 0 Å². The first-order chi connectivity index (χ1) is 19.1. The van der Waals surface area contributed by atoms with Crippen LogP contribution < -0.4 is 14.4 Å². The van der Waals surface area contributed by atoms with E-state index in [2.05, 4.69) is 21.2 Å². The molecule has 0 radical (unpaired) electrons. The zero-order valence-electron chi connectivity index (χ0n) is 23.3. The summed E-state index contributed by atoms with van der Waals surface area (Å²) in [5.41, 5.74) is 1.98. The molecule has 10 heteroatoms. The maximum atomic E-state index is 14.0. The Morgan fingerprint density at radius 1 is 1.02 bits per heavy atom. The van der Waals surface area contributed by atoms with Crippen LogP contribution in [0.3, 0.4) is 0 Å². The molecular weight excluding hydrogens is 594 g/mol. The molecule has 0 aliphatic carbocycles. The lowest BCUT2D eigenvalue weighted by atomic mass is 10.1. The fourth-order valence-electron chi connectivity index (χ4n) is 4.08. The molecule has 8 nitrogen and oxygen atoms in total. The van der Waals surface area contributed by atoms with Gasteiger partial charge in [-0.3, -0.25) is 13.9 Å². The SMILES string of the molecule is CCCCNC(=O)[C@H](C)N(Cc1cccc(OC)c1)C(=O)CN(c1cccc(Br)c1)S(=O)(=O)c1ccc(C)cc1. The van der Waals surface area contributed by atoms with Crippen molar-refractivity contribution in [2.45, 2.75) is 51.1 Å². The van der Waals surface area contributed by atoms with Crippen LogP contribution in [0, 0.1) is 6.92 Å². The molecule has 1 N–H and O–H groups in total. The number of carbonyl (C=O) groups is 2. The van der Waals surface area contributed by atoms with Crippen molar-refractivity contribution in [3.8, 4) is 5.75 Å². The number of nitrogens with one attached hydrogen (secondary N) is 1. The number of hydrogen-bond donors (Lipinski definition) is 1. The number of hydrogen-bond acceptors (Lipinski definition) is 5. The van der Waals surface area contributed by atoms with Gasteiger partial charge in [0.05, 0.1) is 17.7 Å². The number of amides is 2. The van der Waals surface area contributed by atoms with Crippen LogP contribution in [0.4, 0.5) is 5.69 Å². The number of sulfonamides is 1. The minimum absolute atomic E-state index is 0.0654. The molecule has 3 aromatic rings. The Balaban J connectivity index is 2.01. The molecule has 0 fully saturated rings. The molecule has 0 aliphatic heterocycles. The minimum Gasteiger partial charge on any atom is -0.497 e. The number of unbranched alkanes of at least 4 members (excludes halogenated alkanes) is 1. The second-order valence-corrected chi connectivity index (χ2v) is 12.3. The van der Waals surface area contributed by atoms with E-state index in [1.807, 2.05) is 19.9 Å². The van der Waals surface area contributed by atoms with Gasteiger partial charge in [-0.1, -0.05) is 65.2 Å². The number of benzene rings is 3. The van der Waals surface area contributed by atoms with Gasteiger partial charge < -0.3 is 15.0 Å². The van der Waals surface area contributed by atoms with Gasteiger partial charge in [-0.25, -0.2) is 8.42 Å². The molecule has 0 aromatic heterocycles. The summed E-state index contributed by atoms with van der Waals surface area (Å²) < 4.78 is 34.8. The summed E-state index contributed by atoms with van der Waals surface area (Å²) in [4.78, 5) is 28.5. The average molecular weight is 631 g/mol. The number of anilines is 1. The van der Waals surface area contributed by atoms with E-state index in [0.717, 1.165) is 28.3 Å². The maximum absolute atomic E-state index is 14.0. The van der Waals surface area contributed by atoms with Gasteiger partial charge in [-0.05, 0) is 68.3 Å². The lowest BCUT2D eigenvalue weighted by molar-refractivity contribution is -0.139. The topological polar surface area (TPSA) is 96.0 Å². The molecule has 0 bridgehead atoms. The van der Waals surface area contributed by atoms with E-state index in [-0.39, 0.29) is 17.3 Å². The molecule has 0 unspecified atom stereocenters. The van der Waals surface area contributed by atoms with Crippen molar-refractivity contribution in [2.24, 2.45) is 0 Å². The van der Waals surface area contributed by atoms with Crippen molar-refractivity contribution in [1.82, 2.24) is 10.2 Å². The number of ether oxygens (including phenoxy) is 1. The monoisotopic (exact) mass is 629 g/mol. The lowest BCUT2D eigenvalue weighted by Gasteiger charge is -2.32. The minimum atomic E-state index is -4.12. The summed E-state index contributed by atoms with van der Waals surface area (Å²) in [6.45, 7) is 5.64. The van der Waals surface area contributed by atoms with Gasteiger partial charge in [0.2, 0.25) is 11.8 Å². The molecule has 40 heavy (non-hydrogen) atoms. The third-order valence-electron chi connectivity index (χ3n) is 6.47. The molecule has 0 saturated carbocycles. The van der Waals surface area contributed by atoms with Gasteiger partial charge in [0, 0.05) is 17.6 Å². The Morgan fingerprint density at radius 3 is 2.38 bits per heavy atom. The zero-order chi connectivity index (χ0) is 29.3. The molecule has 3 aromatic carbocycles. The Kier molecular flexibility index (Phi) is 11.2. The van der Waals surface area contributed by atoms with Crippen molar-refractivity contribution in [3.63, 3.8) is 0 Å². The van der Waals surface area contributed by atoms with Gasteiger partial charge in [0.1, 0.15) is 18.3 Å². The number of aryl methyl sites for hydroxylation is 1. The van der Waals surface area contributed by atoms with Gasteiger partial charge >= 0.3 is 0 Å². The highest BCUT2D eigenvalue weighted by Gasteiger charge is 2.32. The van der Waals surface area contributed by atoms with E-state index in [0.29, 0.717) is 22.5 Å². The van der Waals surface area contributed by atoms with Crippen LogP contribution in [-0.2, 0) is 26.2 Å². The van der Waals surface area contributed by atoms with Crippen LogP contribution in [0.25, 0.3) is 0 Å². The smallest absolute Gasteiger partial charge is 0.264 e. The Bertz CT molecular complexity index is 1410. The van der Waals surface area contributed by atoms with Crippen LogP contribution in [0.5, 0.6) is 5.75 Å². The summed E-state index contributed by atoms with van der Waals surface area (Å²) >= 11 is 3.41. The van der Waals surface area contributed by atoms with Gasteiger partial charge in [-0.2, -0.15) is 0 Å². The van der Waals surface area contributed by atoms with Gasteiger partial charge in [0.15, 0.2) is 0 Å². The molecule has 214 valence electrons. The number of halogens is 1. The van der Waals surface area contributed by atoms with Crippen molar-refractivity contribution in [2.75, 3.05) is 24.5 Å². The van der Waals surface area contributed by atoms with Crippen LogP contribution in [-0.4, -0.2) is 51.4 Å². The molecule has 0 heterocycles. The Labute approximate surface area is 245 Å². The maximum Gasteiger partial charge on any atom is 0.264 e. The zero-order valence-corrected chi connectivity index (χ0v) is 25.7. The third-order valence-corrected chi connectivity index (χ3v) is 8.75. The molecule has 2 amide bonds. The number of rotatable bonds is 13. The van der Waals surface area contributed by atoms with E-state index < -0.39 is 28.5 Å². The molecule has 3 rings (SSSR count). The average Bonchev–Trinajstić information content (AvgIpc) is 2.94. The molecule has 0 saturated heterocycles. The standard InChI is InChI=1S/C30H36BrN3O5S/c1-5-6-17-32-30(36)23(3)33(20-24-9-7-12-27(18-24)39-4)29(35)21-34(26-11-8-10-25(31)19-26)40(37,38)28-15-13-22(2)14-16-28/h7-16,18-19,23H,5-6,17,20-21H2,1-4H3,(H,32,36)/t23-/m0/s1. The molecule has 0 spiro atoms. The number of nitrogens with zero attached hydrogens (tertiary/aromatic N) is 2. The highest BCUT2D eigenvalue weighted by atomic mass is 79.9. The van der Waals surface area contributed by atoms with E-state index in [4.69, 9.17) is 4.74 Å². The predicted molar refractivity (Wildman–Crippen MR) is 161 cm³/mol. The third kappa shape index (κ3) is 8.08. The first-order valence-corrected chi connectivity index (χ1v) is 15.3. The summed E-state index contributed by atoms with van der Waals surface area (Å²) in [6, 6.07) is 19.6. The summed E-state index contributed by atoms with van der Waals surface area (Å²) in [5, 5.41) is 2.89. The second kappa shape index (κ2) is 14.3. The fourth-order valence-corrected chi connectivity index (χ4v) is 5.88. The van der Waals surface area contributed by atoms with Crippen molar-refractivity contribution >= 4 is 43.5 Å². The van der Waals surface area contributed by atoms with Gasteiger partial charge in [0.25, 0.3) is 10.0 Å². The Hall–Kier alpha value is -3.37. The highest BCUT2D eigenvalue weighted by Crippen LogP contribution is 2.27. The predicted octanol–water partition coefficient (Wildman–Crippen LogP) is 5.30. The second-order valence-electron chi connectivity index (χ2n) is 9.50. The van der Waals surface area contributed by atoms with Crippen molar-refractivity contribution in [1.29, 1.82) is 0 Å². The fraction of sp³-hybridized carbons (Fsp3) is 0.333. The summed E-state index contributed by atoms with van der Waals surface area (Å²) in [6.07, 6.45) is 1.73. The van der Waals surface area contributed by atoms with E-state index in [9.17, 15) is 18.0 Å². The highest BCUT2D eigenvalue weighted by molar-refractivity contribution is 9.10. The van der Waals surface area contributed by atoms with E-state index in [1.165, 1.54) is 17.0 Å². The van der Waals surface area contributed by atoms with Crippen LogP contribution in [0.15, 0.2) is 82.2 Å². The number of carbonyl (C=O) groups excluding carboxylic acids is 2. The molecular formula is C30H36BrN3O5S. The number of methoxy groups -OCH3 is 1. The lowest BCUT2D eigenvalue weighted by Crippen LogP contribution is -2.51. The van der Waals surface area contributed by atoms with E-state index in [1.54, 1.807) is 68.6 Å². The van der Waals surface area contributed by atoms with Crippen LogP contribution >= 0.6 is 15.9 Å². The van der Waals surface area contributed by atoms with Crippen LogP contribution in [0.1, 0.15) is 37.8 Å². The first-order valence-electron chi connectivity index (χ1n) is 13.1. The summed E-state index contributed by atoms with van der Waals surface area (Å²) in [5.74, 6) is -0.209. The normalized spacial score (nSPS) is 11.9. The molecule has 0 aliphatic rings. The van der Waals surface area contributed by atoms with Crippen LogP contribution in [0.2, 0.25) is 0 Å². The molecule has 1 atom stereocenters.